The average molecular weight is 716 g/mol. The van der Waals surface area contributed by atoms with Crippen molar-refractivity contribution >= 4 is 51.0 Å². The molecule has 0 fully saturated rings. The molecule has 264 valence electrons. The third kappa shape index (κ3) is 6.51. The van der Waals surface area contributed by atoms with E-state index in [1.807, 2.05) is 31.2 Å². The van der Waals surface area contributed by atoms with Crippen LogP contribution in [0.4, 0.5) is 0 Å². The van der Waals surface area contributed by atoms with E-state index in [4.69, 9.17) is 23.9 Å². The molecule has 6 aromatic rings. The molecule has 0 unspecified atom stereocenters. The highest BCUT2D eigenvalue weighted by atomic mass is 32.1. The summed E-state index contributed by atoms with van der Waals surface area (Å²) in [4.78, 5) is 45.0. The van der Waals surface area contributed by atoms with Crippen LogP contribution in [0.1, 0.15) is 43.5 Å². The van der Waals surface area contributed by atoms with Gasteiger partial charge in [0.2, 0.25) is 0 Å². The van der Waals surface area contributed by atoms with Gasteiger partial charge in [-0.25, -0.2) is 14.6 Å². The lowest BCUT2D eigenvalue weighted by Crippen LogP contribution is -2.40. The van der Waals surface area contributed by atoms with Crippen molar-refractivity contribution in [3.05, 3.63) is 139 Å². The van der Waals surface area contributed by atoms with E-state index < -0.39 is 18.0 Å². The van der Waals surface area contributed by atoms with Crippen LogP contribution in [0.5, 0.6) is 11.5 Å². The maximum atomic E-state index is 14.5. The van der Waals surface area contributed by atoms with E-state index in [9.17, 15) is 14.4 Å². The highest BCUT2D eigenvalue weighted by Crippen LogP contribution is 2.36. The third-order valence-electron chi connectivity index (χ3n) is 9.00. The second-order valence-corrected chi connectivity index (χ2v) is 13.2. The van der Waals surface area contributed by atoms with Crippen LogP contribution < -0.4 is 24.4 Å². The number of fused-ring (bicyclic) bond motifs is 3. The molecule has 0 aliphatic carbocycles. The van der Waals surface area contributed by atoms with Gasteiger partial charge < -0.3 is 23.5 Å². The van der Waals surface area contributed by atoms with Crippen molar-refractivity contribution in [1.29, 1.82) is 0 Å². The molecule has 52 heavy (non-hydrogen) atoms. The van der Waals surface area contributed by atoms with Gasteiger partial charge in [-0.15, -0.1) is 0 Å². The Balaban J connectivity index is 1.35. The van der Waals surface area contributed by atoms with Crippen molar-refractivity contribution in [3.8, 4) is 11.5 Å². The zero-order valence-electron chi connectivity index (χ0n) is 29.3. The van der Waals surface area contributed by atoms with E-state index in [2.05, 4.69) is 59.3 Å². The highest BCUT2D eigenvalue weighted by Gasteiger charge is 2.34. The Morgan fingerprint density at radius 1 is 0.904 bits per heavy atom. The summed E-state index contributed by atoms with van der Waals surface area (Å²) in [6.45, 7) is 6.11. The number of carbonyl (C=O) groups excluding carboxylic acids is 2. The van der Waals surface area contributed by atoms with Crippen LogP contribution in [-0.2, 0) is 25.6 Å². The Labute approximate surface area is 303 Å². The minimum atomic E-state index is -0.862. The van der Waals surface area contributed by atoms with E-state index in [1.165, 1.54) is 34.8 Å². The minimum absolute atomic E-state index is 0.153. The van der Waals surface area contributed by atoms with Gasteiger partial charge in [-0.3, -0.25) is 9.36 Å². The van der Waals surface area contributed by atoms with Crippen molar-refractivity contribution in [2.75, 3.05) is 26.9 Å². The smallest absolute Gasteiger partial charge is 0.343 e. The van der Waals surface area contributed by atoms with Crippen LogP contribution in [0.3, 0.4) is 0 Å². The first-order chi connectivity index (χ1) is 25.3. The van der Waals surface area contributed by atoms with Gasteiger partial charge in [0.05, 0.1) is 42.2 Å². The topological polar surface area (TPSA) is 110 Å². The molecule has 0 radical (unpaired) electrons. The van der Waals surface area contributed by atoms with Crippen molar-refractivity contribution in [3.63, 3.8) is 0 Å². The summed E-state index contributed by atoms with van der Waals surface area (Å²) >= 11 is 1.27. The largest absolute Gasteiger partial charge is 0.490 e. The Morgan fingerprint density at radius 2 is 1.67 bits per heavy atom. The Hall–Kier alpha value is -5.94. The van der Waals surface area contributed by atoms with Crippen LogP contribution in [-0.4, -0.2) is 48.0 Å². The summed E-state index contributed by atoms with van der Waals surface area (Å²) in [7, 11) is 1.28. The maximum absolute atomic E-state index is 14.5. The second-order valence-electron chi connectivity index (χ2n) is 12.2. The van der Waals surface area contributed by atoms with E-state index in [0.29, 0.717) is 45.2 Å². The first-order valence-corrected chi connectivity index (χ1v) is 17.8. The van der Waals surface area contributed by atoms with E-state index in [-0.39, 0.29) is 24.3 Å². The lowest BCUT2D eigenvalue weighted by molar-refractivity contribution is -0.143. The lowest BCUT2D eigenvalue weighted by atomic mass is 9.95. The molecular formula is C41H37N3O7S. The van der Waals surface area contributed by atoms with Gasteiger partial charge >= 0.3 is 11.9 Å². The molecule has 0 spiro atoms. The Bertz CT molecular complexity index is 2560. The zero-order chi connectivity index (χ0) is 36.4. The SMILES string of the molecule is CCOC(=O)C1=C(C)N=c2s/c(=C/c3cn(Cc4cccc5ccccc45)c4ccccc34)c(=O)n2[C@@H]1c1ccc(OCC(=O)OC)c(OCC)c1. The predicted molar refractivity (Wildman–Crippen MR) is 201 cm³/mol. The number of hydrogen-bond acceptors (Lipinski definition) is 9. The number of allylic oxidation sites excluding steroid dienone is 1. The van der Waals surface area contributed by atoms with E-state index in [0.717, 1.165) is 16.5 Å². The summed E-state index contributed by atoms with van der Waals surface area (Å²) in [6.07, 6.45) is 3.99. The van der Waals surface area contributed by atoms with Gasteiger partial charge in [-0.2, -0.15) is 0 Å². The van der Waals surface area contributed by atoms with Gasteiger partial charge in [0.15, 0.2) is 22.9 Å². The molecule has 2 aromatic heterocycles. The van der Waals surface area contributed by atoms with Crippen LogP contribution in [0, 0.1) is 0 Å². The Kier molecular flexibility index (Phi) is 9.78. The number of methoxy groups -OCH3 is 1. The van der Waals surface area contributed by atoms with Crippen molar-refractivity contribution < 1.29 is 28.5 Å². The standard InChI is InChI=1S/C41H37N3O7S/c1-5-49-34-20-27(18-19-33(34)51-24-36(45)48-4)38-37(40(47)50-6-2)25(3)42-41-44(38)39(46)35(52-41)21-29-23-43(32-17-10-9-16-31(29)32)22-28-14-11-13-26-12-7-8-15-30(26)28/h7-21,23,38H,5-6,22,24H2,1-4H3/b35-21+/t38-/m1/s1. The molecule has 7 rings (SSSR count). The fourth-order valence-corrected chi connectivity index (χ4v) is 7.70. The van der Waals surface area contributed by atoms with Crippen molar-refractivity contribution in [2.45, 2.75) is 33.4 Å². The fourth-order valence-electron chi connectivity index (χ4n) is 6.66. The number of aromatic nitrogens is 2. The normalized spacial score (nSPS) is 14.3. The first-order valence-electron chi connectivity index (χ1n) is 17.0. The number of ether oxygens (including phenoxy) is 4. The molecule has 1 atom stereocenters. The van der Waals surface area contributed by atoms with Gasteiger partial charge in [0.1, 0.15) is 0 Å². The molecule has 1 aliphatic rings. The molecule has 4 aromatic carbocycles. The molecule has 10 nitrogen and oxygen atoms in total. The van der Waals surface area contributed by atoms with Crippen LogP contribution >= 0.6 is 11.3 Å². The summed E-state index contributed by atoms with van der Waals surface area (Å²) < 4.78 is 26.0. The predicted octanol–water partition coefficient (Wildman–Crippen LogP) is 5.91. The molecular weight excluding hydrogens is 679 g/mol. The maximum Gasteiger partial charge on any atom is 0.343 e. The minimum Gasteiger partial charge on any atom is -0.490 e. The number of esters is 2. The lowest BCUT2D eigenvalue weighted by Gasteiger charge is -2.25. The molecule has 1 aliphatic heterocycles. The molecule has 3 heterocycles. The fraction of sp³-hybridized carbons (Fsp3) is 0.220. The average Bonchev–Trinajstić information content (AvgIpc) is 3.66. The molecule has 0 N–H and O–H groups in total. The highest BCUT2D eigenvalue weighted by molar-refractivity contribution is 7.07. The van der Waals surface area contributed by atoms with Gasteiger partial charge in [-0.05, 0) is 66.9 Å². The number of benzene rings is 4. The number of para-hydroxylation sites is 1. The third-order valence-corrected chi connectivity index (χ3v) is 9.98. The second kappa shape index (κ2) is 14.7. The summed E-state index contributed by atoms with van der Waals surface area (Å²) in [5.74, 6) is -0.438. The number of hydrogen-bond donors (Lipinski definition) is 0. The monoisotopic (exact) mass is 715 g/mol. The van der Waals surface area contributed by atoms with E-state index in [1.54, 1.807) is 36.6 Å². The molecule has 0 amide bonds. The number of carbonyl (C=O) groups is 2. The Morgan fingerprint density at radius 3 is 2.46 bits per heavy atom. The molecule has 0 saturated carbocycles. The molecule has 11 heteroatoms. The quantitative estimate of drug-likeness (QED) is 0.154. The zero-order valence-corrected chi connectivity index (χ0v) is 30.1. The summed E-state index contributed by atoms with van der Waals surface area (Å²) in [6, 6.07) is 27.1. The number of rotatable bonds is 11. The summed E-state index contributed by atoms with van der Waals surface area (Å²) in [5, 5.41) is 3.39. The number of thiazole rings is 1. The molecule has 0 saturated heterocycles. The van der Waals surface area contributed by atoms with Crippen LogP contribution in [0.25, 0.3) is 27.8 Å². The van der Waals surface area contributed by atoms with E-state index >= 15 is 0 Å². The van der Waals surface area contributed by atoms with Gasteiger partial charge in [0, 0.05) is 29.2 Å². The van der Waals surface area contributed by atoms with Gasteiger partial charge in [0.25, 0.3) is 5.56 Å². The first kappa shape index (κ1) is 34.5. The summed E-state index contributed by atoms with van der Waals surface area (Å²) in [5.41, 5.74) is 4.13. The van der Waals surface area contributed by atoms with Crippen molar-refractivity contribution in [2.24, 2.45) is 4.99 Å². The van der Waals surface area contributed by atoms with Crippen LogP contribution in [0.15, 0.2) is 112 Å². The van der Waals surface area contributed by atoms with Crippen LogP contribution in [0.2, 0.25) is 0 Å². The molecule has 0 bridgehead atoms. The van der Waals surface area contributed by atoms with Crippen molar-refractivity contribution in [1.82, 2.24) is 9.13 Å². The van der Waals surface area contributed by atoms with Gasteiger partial charge in [-0.1, -0.05) is 78.1 Å². The number of nitrogens with zero attached hydrogens (tertiary/aromatic N) is 3.